The van der Waals surface area contributed by atoms with E-state index in [1.807, 2.05) is 30.3 Å². The monoisotopic (exact) mass is 286 g/mol. The quantitative estimate of drug-likeness (QED) is 0.886. The molecule has 2 aromatic rings. The van der Waals surface area contributed by atoms with Crippen molar-refractivity contribution in [2.24, 2.45) is 0 Å². The third-order valence-electron chi connectivity index (χ3n) is 2.93. The van der Waals surface area contributed by atoms with Crippen molar-refractivity contribution in [3.05, 3.63) is 54.2 Å². The molecule has 1 aromatic heterocycles. The first-order chi connectivity index (χ1) is 10.2. The number of rotatable bonds is 6. The van der Waals surface area contributed by atoms with E-state index in [1.165, 1.54) is 0 Å². The van der Waals surface area contributed by atoms with Crippen LogP contribution in [0.1, 0.15) is 12.5 Å². The number of anilines is 1. The van der Waals surface area contributed by atoms with Gasteiger partial charge in [0.15, 0.2) is 0 Å². The number of benzene rings is 1. The summed E-state index contributed by atoms with van der Waals surface area (Å²) in [5, 5.41) is 2.75. The summed E-state index contributed by atoms with van der Waals surface area (Å²) in [6.07, 6.45) is 0.994. The van der Waals surface area contributed by atoms with E-state index in [0.29, 0.717) is 18.2 Å². The van der Waals surface area contributed by atoms with E-state index in [9.17, 15) is 4.79 Å². The number of amides is 1. The number of ether oxygens (including phenoxy) is 2. The van der Waals surface area contributed by atoms with Crippen LogP contribution in [0.4, 0.5) is 5.69 Å². The second-order valence-electron chi connectivity index (χ2n) is 4.52. The number of carbonyl (C=O) groups excluding carboxylic acids is 1. The predicted molar refractivity (Wildman–Crippen MR) is 80.1 cm³/mol. The summed E-state index contributed by atoms with van der Waals surface area (Å²) in [5.41, 5.74) is 1.64. The number of pyridine rings is 1. The molecule has 1 atom stereocenters. The Morgan fingerprint density at radius 3 is 2.62 bits per heavy atom. The summed E-state index contributed by atoms with van der Waals surface area (Å²) in [5.74, 6) is 0.291. The van der Waals surface area contributed by atoms with Crippen LogP contribution in [0.25, 0.3) is 0 Å². The van der Waals surface area contributed by atoms with E-state index in [2.05, 4.69) is 10.3 Å². The lowest BCUT2D eigenvalue weighted by molar-refractivity contribution is -0.127. The number of hydrogen-bond donors (Lipinski definition) is 1. The van der Waals surface area contributed by atoms with E-state index in [-0.39, 0.29) is 5.91 Å². The number of aromatic nitrogens is 1. The molecule has 21 heavy (non-hydrogen) atoms. The molecule has 1 amide bonds. The average molecular weight is 286 g/mol. The zero-order valence-corrected chi connectivity index (χ0v) is 12.1. The van der Waals surface area contributed by atoms with Gasteiger partial charge in [0.1, 0.15) is 6.10 Å². The molecular weight excluding hydrogens is 268 g/mol. The summed E-state index contributed by atoms with van der Waals surface area (Å²) >= 11 is 0. The highest BCUT2D eigenvalue weighted by atomic mass is 16.5. The third-order valence-corrected chi connectivity index (χ3v) is 2.93. The van der Waals surface area contributed by atoms with Gasteiger partial charge in [0, 0.05) is 6.07 Å². The Hall–Kier alpha value is -2.40. The van der Waals surface area contributed by atoms with Gasteiger partial charge in [-0.05, 0) is 18.6 Å². The molecule has 0 saturated carbocycles. The van der Waals surface area contributed by atoms with Gasteiger partial charge in [-0.1, -0.05) is 30.3 Å². The molecule has 0 aliphatic rings. The second kappa shape index (κ2) is 7.40. The van der Waals surface area contributed by atoms with Crippen LogP contribution < -0.4 is 10.1 Å². The molecule has 1 heterocycles. The molecule has 5 heteroatoms. The molecule has 0 unspecified atom stereocenters. The summed E-state index contributed by atoms with van der Waals surface area (Å²) in [4.78, 5) is 16.0. The average Bonchev–Trinajstić information content (AvgIpc) is 2.54. The van der Waals surface area contributed by atoms with Gasteiger partial charge in [0.05, 0.1) is 25.6 Å². The topological polar surface area (TPSA) is 60.5 Å². The molecule has 0 aliphatic heterocycles. The van der Waals surface area contributed by atoms with Crippen molar-refractivity contribution in [2.75, 3.05) is 12.4 Å². The highest BCUT2D eigenvalue weighted by molar-refractivity contribution is 5.93. The molecule has 1 aromatic carbocycles. The van der Waals surface area contributed by atoms with Crippen molar-refractivity contribution >= 4 is 11.6 Å². The van der Waals surface area contributed by atoms with Crippen molar-refractivity contribution in [3.8, 4) is 5.88 Å². The zero-order valence-electron chi connectivity index (χ0n) is 12.1. The normalized spacial score (nSPS) is 11.7. The van der Waals surface area contributed by atoms with Gasteiger partial charge in [-0.15, -0.1) is 0 Å². The van der Waals surface area contributed by atoms with Gasteiger partial charge in [0.25, 0.3) is 5.91 Å². The molecule has 0 saturated heterocycles. The van der Waals surface area contributed by atoms with Crippen molar-refractivity contribution < 1.29 is 14.3 Å². The highest BCUT2D eigenvalue weighted by Crippen LogP contribution is 2.12. The standard InChI is InChI=1S/C16H18N2O3/c1-12(21-11-13-6-4-3-5-7-13)16(19)18-14-8-9-15(20-2)17-10-14/h3-10,12H,11H2,1-2H3,(H,18,19)/t12-/m1/s1. The summed E-state index contributed by atoms with van der Waals surface area (Å²) in [6, 6.07) is 13.1. The Labute approximate surface area is 123 Å². The fraction of sp³-hybridized carbons (Fsp3) is 0.250. The van der Waals surface area contributed by atoms with Gasteiger partial charge in [-0.3, -0.25) is 4.79 Å². The van der Waals surface area contributed by atoms with Crippen LogP contribution in [0.5, 0.6) is 5.88 Å². The molecule has 110 valence electrons. The maximum atomic E-state index is 12.0. The van der Waals surface area contributed by atoms with Crippen molar-refractivity contribution in [2.45, 2.75) is 19.6 Å². The Morgan fingerprint density at radius 1 is 1.24 bits per heavy atom. The number of hydrogen-bond acceptors (Lipinski definition) is 4. The highest BCUT2D eigenvalue weighted by Gasteiger charge is 2.13. The third kappa shape index (κ3) is 4.57. The molecule has 0 radical (unpaired) electrons. The Bertz CT molecular complexity index is 570. The largest absolute Gasteiger partial charge is 0.481 e. The maximum absolute atomic E-state index is 12.0. The van der Waals surface area contributed by atoms with Gasteiger partial charge in [-0.25, -0.2) is 4.98 Å². The first-order valence-corrected chi connectivity index (χ1v) is 6.65. The molecule has 2 rings (SSSR count). The summed E-state index contributed by atoms with van der Waals surface area (Å²) in [7, 11) is 1.54. The van der Waals surface area contributed by atoms with Gasteiger partial charge >= 0.3 is 0 Å². The minimum absolute atomic E-state index is 0.210. The van der Waals surface area contributed by atoms with E-state index in [0.717, 1.165) is 5.56 Å². The Balaban J connectivity index is 1.84. The lowest BCUT2D eigenvalue weighted by Crippen LogP contribution is -2.27. The van der Waals surface area contributed by atoms with Crippen LogP contribution in [0.15, 0.2) is 48.7 Å². The molecule has 0 aliphatic carbocycles. The Morgan fingerprint density at radius 2 is 2.00 bits per heavy atom. The van der Waals surface area contributed by atoms with Crippen molar-refractivity contribution in [1.29, 1.82) is 0 Å². The first-order valence-electron chi connectivity index (χ1n) is 6.65. The molecule has 1 N–H and O–H groups in total. The van der Waals surface area contributed by atoms with E-state index >= 15 is 0 Å². The van der Waals surface area contributed by atoms with Crippen LogP contribution in [-0.2, 0) is 16.1 Å². The van der Waals surface area contributed by atoms with Gasteiger partial charge in [-0.2, -0.15) is 0 Å². The van der Waals surface area contributed by atoms with Crippen molar-refractivity contribution in [1.82, 2.24) is 4.98 Å². The lowest BCUT2D eigenvalue weighted by atomic mass is 10.2. The molecule has 5 nitrogen and oxygen atoms in total. The number of methoxy groups -OCH3 is 1. The number of nitrogens with one attached hydrogen (secondary N) is 1. The molecule has 0 spiro atoms. The van der Waals surface area contributed by atoms with Crippen LogP contribution in [-0.4, -0.2) is 24.1 Å². The number of carbonyl (C=O) groups is 1. The minimum atomic E-state index is -0.549. The van der Waals surface area contributed by atoms with Crippen LogP contribution >= 0.6 is 0 Å². The van der Waals surface area contributed by atoms with Crippen LogP contribution in [0, 0.1) is 0 Å². The van der Waals surface area contributed by atoms with Crippen LogP contribution in [0.3, 0.4) is 0 Å². The molecule has 0 bridgehead atoms. The van der Waals surface area contributed by atoms with Gasteiger partial charge in [0.2, 0.25) is 5.88 Å². The first kappa shape index (κ1) is 15.0. The molecular formula is C16H18N2O3. The Kier molecular flexibility index (Phi) is 5.29. The van der Waals surface area contributed by atoms with Gasteiger partial charge < -0.3 is 14.8 Å². The van der Waals surface area contributed by atoms with E-state index in [1.54, 1.807) is 32.4 Å². The predicted octanol–water partition coefficient (Wildman–Crippen LogP) is 2.63. The fourth-order valence-electron chi connectivity index (χ4n) is 1.69. The second-order valence-corrected chi connectivity index (χ2v) is 4.52. The zero-order chi connectivity index (χ0) is 15.1. The fourth-order valence-corrected chi connectivity index (χ4v) is 1.69. The maximum Gasteiger partial charge on any atom is 0.253 e. The SMILES string of the molecule is COc1ccc(NC(=O)[C@@H](C)OCc2ccccc2)cn1. The van der Waals surface area contributed by atoms with E-state index in [4.69, 9.17) is 9.47 Å². The summed E-state index contributed by atoms with van der Waals surface area (Å²) < 4.78 is 10.5. The smallest absolute Gasteiger partial charge is 0.253 e. The van der Waals surface area contributed by atoms with Crippen molar-refractivity contribution in [3.63, 3.8) is 0 Å². The van der Waals surface area contributed by atoms with Crippen LogP contribution in [0.2, 0.25) is 0 Å². The summed E-state index contributed by atoms with van der Waals surface area (Å²) in [6.45, 7) is 2.12. The van der Waals surface area contributed by atoms with E-state index < -0.39 is 6.10 Å². The number of nitrogens with zero attached hydrogens (tertiary/aromatic N) is 1. The minimum Gasteiger partial charge on any atom is -0.481 e. The lowest BCUT2D eigenvalue weighted by Gasteiger charge is -2.13. The molecule has 0 fully saturated rings.